The van der Waals surface area contributed by atoms with E-state index in [1.807, 2.05) is 11.0 Å². The lowest BCUT2D eigenvalue weighted by atomic mass is 9.92. The Balaban J connectivity index is 2.34. The van der Waals surface area contributed by atoms with Gasteiger partial charge in [-0.3, -0.25) is 4.79 Å². The van der Waals surface area contributed by atoms with E-state index < -0.39 is 0 Å². The third-order valence-corrected chi connectivity index (χ3v) is 3.25. The van der Waals surface area contributed by atoms with Gasteiger partial charge in [0.15, 0.2) is 0 Å². The number of fused-ring (bicyclic) bond motifs is 1. The van der Waals surface area contributed by atoms with Crippen molar-refractivity contribution in [2.24, 2.45) is 11.1 Å². The summed E-state index contributed by atoms with van der Waals surface area (Å²) in [6.45, 7) is 5.72. The Morgan fingerprint density at radius 3 is 2.89 bits per heavy atom. The minimum atomic E-state index is -0.0667. The van der Waals surface area contributed by atoms with Gasteiger partial charge in [0.05, 0.1) is 29.6 Å². The van der Waals surface area contributed by atoms with Crippen LogP contribution in [0.15, 0.2) is 18.2 Å². The molecule has 2 rings (SSSR count). The van der Waals surface area contributed by atoms with Crippen molar-refractivity contribution in [1.82, 2.24) is 0 Å². The molecule has 0 radical (unpaired) electrons. The number of nitrogens with two attached hydrogens (primary N) is 1. The summed E-state index contributed by atoms with van der Waals surface area (Å²) in [6.07, 6.45) is 0. The molecule has 0 atom stereocenters. The molecule has 1 aliphatic heterocycles. The molecule has 0 aliphatic carbocycles. The van der Waals surface area contributed by atoms with E-state index in [9.17, 15) is 4.79 Å². The molecule has 1 aliphatic rings. The number of nitrogens with zero attached hydrogens (tertiary/aromatic N) is 2. The molecule has 100 valence electrons. The van der Waals surface area contributed by atoms with E-state index in [2.05, 4.69) is 25.2 Å². The van der Waals surface area contributed by atoms with E-state index in [-0.39, 0.29) is 11.3 Å². The van der Waals surface area contributed by atoms with Crippen molar-refractivity contribution >= 4 is 17.3 Å². The highest BCUT2D eigenvalue weighted by Gasteiger charge is 2.27. The first-order valence-electron chi connectivity index (χ1n) is 6.24. The van der Waals surface area contributed by atoms with Crippen molar-refractivity contribution in [2.45, 2.75) is 13.8 Å². The average Bonchev–Trinajstić information content (AvgIpc) is 2.37. The fourth-order valence-corrected chi connectivity index (χ4v) is 2.15. The Morgan fingerprint density at radius 1 is 1.53 bits per heavy atom. The molecule has 19 heavy (non-hydrogen) atoms. The first-order chi connectivity index (χ1) is 8.95. The molecule has 5 heteroatoms. The van der Waals surface area contributed by atoms with Crippen molar-refractivity contribution in [3.8, 4) is 6.07 Å². The number of carbonyl (C=O) groups is 1. The largest absolute Gasteiger partial charge is 0.360 e. The van der Waals surface area contributed by atoms with Crippen molar-refractivity contribution in [3.05, 3.63) is 23.8 Å². The molecule has 3 N–H and O–H groups in total. The number of rotatable bonds is 3. The molecule has 0 unspecified atom stereocenters. The Labute approximate surface area is 113 Å². The quantitative estimate of drug-likeness (QED) is 0.856. The van der Waals surface area contributed by atoms with Gasteiger partial charge in [0, 0.05) is 6.54 Å². The number of hydrogen-bond acceptors (Lipinski definition) is 4. The van der Waals surface area contributed by atoms with Gasteiger partial charge in [-0.1, -0.05) is 13.8 Å². The first kappa shape index (κ1) is 13.4. The van der Waals surface area contributed by atoms with Crippen molar-refractivity contribution < 1.29 is 4.79 Å². The van der Waals surface area contributed by atoms with Gasteiger partial charge in [-0.05, 0) is 30.2 Å². The van der Waals surface area contributed by atoms with E-state index in [0.717, 1.165) is 5.69 Å². The third-order valence-electron chi connectivity index (χ3n) is 3.25. The summed E-state index contributed by atoms with van der Waals surface area (Å²) in [4.78, 5) is 13.8. The van der Waals surface area contributed by atoms with E-state index in [1.165, 1.54) is 0 Å². The monoisotopic (exact) mass is 258 g/mol. The average molecular weight is 258 g/mol. The fourth-order valence-electron chi connectivity index (χ4n) is 2.15. The number of hydrogen-bond donors (Lipinski definition) is 2. The molecule has 1 aromatic rings. The molecule has 0 bridgehead atoms. The second-order valence-corrected chi connectivity index (χ2v) is 5.62. The van der Waals surface area contributed by atoms with Crippen LogP contribution < -0.4 is 16.0 Å². The zero-order valence-corrected chi connectivity index (χ0v) is 11.2. The number of anilines is 2. The van der Waals surface area contributed by atoms with Gasteiger partial charge in [-0.15, -0.1) is 0 Å². The molecule has 1 aromatic carbocycles. The molecule has 5 nitrogen and oxygen atoms in total. The Kier molecular flexibility index (Phi) is 3.45. The van der Waals surface area contributed by atoms with Crippen LogP contribution in [0.5, 0.6) is 0 Å². The van der Waals surface area contributed by atoms with Gasteiger partial charge in [0.2, 0.25) is 5.91 Å². The molecule has 0 spiro atoms. The maximum absolute atomic E-state index is 11.7. The summed E-state index contributed by atoms with van der Waals surface area (Å²) >= 11 is 0. The lowest BCUT2D eigenvalue weighted by Gasteiger charge is -2.36. The van der Waals surface area contributed by atoms with Crippen LogP contribution in [0.1, 0.15) is 19.4 Å². The maximum Gasteiger partial charge on any atom is 0.243 e. The minimum absolute atomic E-state index is 0.0598. The molecule has 1 amide bonds. The highest BCUT2D eigenvalue weighted by molar-refractivity contribution is 6.01. The minimum Gasteiger partial charge on any atom is -0.360 e. The fraction of sp³-hybridized carbons (Fsp3) is 0.429. The molecular weight excluding hydrogens is 240 g/mol. The van der Waals surface area contributed by atoms with Crippen LogP contribution in [-0.2, 0) is 4.79 Å². The van der Waals surface area contributed by atoms with E-state index in [1.54, 1.807) is 12.1 Å². The van der Waals surface area contributed by atoms with Crippen LogP contribution in [0.4, 0.5) is 11.4 Å². The highest BCUT2D eigenvalue weighted by atomic mass is 16.2. The molecule has 1 heterocycles. The second-order valence-electron chi connectivity index (χ2n) is 5.62. The van der Waals surface area contributed by atoms with Crippen LogP contribution in [-0.4, -0.2) is 25.5 Å². The lowest BCUT2D eigenvalue weighted by Crippen LogP contribution is -2.45. The zero-order chi connectivity index (χ0) is 14.0. The second kappa shape index (κ2) is 4.90. The topological polar surface area (TPSA) is 82.2 Å². The molecule has 0 fully saturated rings. The van der Waals surface area contributed by atoms with Crippen molar-refractivity contribution in [3.63, 3.8) is 0 Å². The summed E-state index contributed by atoms with van der Waals surface area (Å²) in [6, 6.07) is 7.42. The number of benzene rings is 1. The normalized spacial score (nSPS) is 14.6. The maximum atomic E-state index is 11.7. The predicted octanol–water partition coefficient (Wildman–Crippen LogP) is 1.30. The SMILES string of the molecule is CC(C)(CN)CN1CC(=O)Nc2cc(C#N)ccc21. The zero-order valence-electron chi connectivity index (χ0n) is 11.2. The smallest absolute Gasteiger partial charge is 0.243 e. The highest BCUT2D eigenvalue weighted by Crippen LogP contribution is 2.32. The van der Waals surface area contributed by atoms with Crippen LogP contribution in [0.25, 0.3) is 0 Å². The van der Waals surface area contributed by atoms with Gasteiger partial charge in [0.25, 0.3) is 0 Å². The Bertz CT molecular complexity index is 545. The number of amides is 1. The summed E-state index contributed by atoms with van der Waals surface area (Å²) in [5.41, 5.74) is 7.87. The van der Waals surface area contributed by atoms with Crippen LogP contribution in [0, 0.1) is 16.7 Å². The van der Waals surface area contributed by atoms with Gasteiger partial charge < -0.3 is 16.0 Å². The van der Waals surface area contributed by atoms with Crippen LogP contribution in [0.3, 0.4) is 0 Å². The number of carbonyl (C=O) groups excluding carboxylic acids is 1. The van der Waals surface area contributed by atoms with Gasteiger partial charge in [-0.25, -0.2) is 0 Å². The third kappa shape index (κ3) is 2.85. The van der Waals surface area contributed by atoms with Crippen molar-refractivity contribution in [2.75, 3.05) is 29.9 Å². The molecule has 0 aromatic heterocycles. The molecular formula is C14H18N4O. The summed E-state index contributed by atoms with van der Waals surface area (Å²) in [7, 11) is 0. The Hall–Kier alpha value is -2.06. The van der Waals surface area contributed by atoms with Gasteiger partial charge in [-0.2, -0.15) is 5.26 Å². The van der Waals surface area contributed by atoms with Gasteiger partial charge in [0.1, 0.15) is 0 Å². The molecule has 0 saturated carbocycles. The van der Waals surface area contributed by atoms with Crippen molar-refractivity contribution in [1.29, 1.82) is 5.26 Å². The predicted molar refractivity (Wildman–Crippen MR) is 74.8 cm³/mol. The lowest BCUT2D eigenvalue weighted by molar-refractivity contribution is -0.115. The van der Waals surface area contributed by atoms with E-state index >= 15 is 0 Å². The van der Waals surface area contributed by atoms with E-state index in [0.29, 0.717) is 30.9 Å². The summed E-state index contributed by atoms with van der Waals surface area (Å²) in [5, 5.41) is 11.7. The van der Waals surface area contributed by atoms with Crippen LogP contribution >= 0.6 is 0 Å². The Morgan fingerprint density at radius 2 is 2.26 bits per heavy atom. The summed E-state index contributed by atoms with van der Waals surface area (Å²) < 4.78 is 0. The standard InChI is InChI=1S/C14H18N4O/c1-14(2,8-16)9-18-7-13(19)17-11-5-10(6-15)3-4-12(11)18/h3-5H,7-9,16H2,1-2H3,(H,17,19). The van der Waals surface area contributed by atoms with Gasteiger partial charge >= 0.3 is 0 Å². The summed E-state index contributed by atoms with van der Waals surface area (Å²) in [5.74, 6) is -0.0598. The van der Waals surface area contributed by atoms with Crippen LogP contribution in [0.2, 0.25) is 0 Å². The first-order valence-corrected chi connectivity index (χ1v) is 6.24. The van der Waals surface area contributed by atoms with E-state index in [4.69, 9.17) is 11.0 Å². The number of nitriles is 1. The number of nitrogens with one attached hydrogen (secondary N) is 1. The molecule has 0 saturated heterocycles.